The third-order valence-corrected chi connectivity index (χ3v) is 1.83. The van der Waals surface area contributed by atoms with Gasteiger partial charge in [0, 0.05) is 5.57 Å². The van der Waals surface area contributed by atoms with Crippen molar-refractivity contribution in [2.24, 2.45) is 5.90 Å². The molecule has 0 aliphatic rings. The molecule has 2 heteroatoms. The number of rotatable bonds is 6. The Hall–Kier alpha value is -1.54. The van der Waals surface area contributed by atoms with Gasteiger partial charge in [-0.2, -0.15) is 5.90 Å². The van der Waals surface area contributed by atoms with Crippen molar-refractivity contribution in [3.63, 3.8) is 0 Å². The molecule has 2 nitrogen and oxygen atoms in total. The van der Waals surface area contributed by atoms with E-state index in [4.69, 9.17) is 5.90 Å². The first-order valence-electron chi connectivity index (χ1n) is 4.42. The van der Waals surface area contributed by atoms with E-state index >= 15 is 0 Å². The highest BCUT2D eigenvalue weighted by Gasteiger charge is 1.98. The van der Waals surface area contributed by atoms with Crippen LogP contribution < -0.4 is 5.90 Å². The molecule has 0 aliphatic heterocycles. The Labute approximate surface area is 85.7 Å². The molecule has 76 valence electrons. The van der Waals surface area contributed by atoms with Crippen molar-refractivity contribution in [2.75, 3.05) is 0 Å². The summed E-state index contributed by atoms with van der Waals surface area (Å²) in [6, 6.07) is 0. The number of nitrogens with two attached hydrogens (primary N) is 1. The van der Waals surface area contributed by atoms with Gasteiger partial charge in [0.2, 0.25) is 0 Å². The van der Waals surface area contributed by atoms with Gasteiger partial charge in [0.15, 0.2) is 5.76 Å². The van der Waals surface area contributed by atoms with Gasteiger partial charge >= 0.3 is 0 Å². The summed E-state index contributed by atoms with van der Waals surface area (Å²) in [6.45, 7) is 13.0. The average Bonchev–Trinajstić information content (AvgIpc) is 2.24. The standard InChI is InChI=1S/C12H17NO/c1-5-10(6-2)9-11(7-3)12(8-4)14-13/h5,7-9H,1,3-4,6,13H2,2H3/b10-9+,12-11+. The lowest BCUT2D eigenvalue weighted by molar-refractivity contribution is 0.232. The molecular formula is C12H17NO. The van der Waals surface area contributed by atoms with E-state index in [9.17, 15) is 0 Å². The lowest BCUT2D eigenvalue weighted by Crippen LogP contribution is -1.99. The summed E-state index contributed by atoms with van der Waals surface area (Å²) >= 11 is 0. The first-order valence-corrected chi connectivity index (χ1v) is 4.42. The summed E-state index contributed by atoms with van der Waals surface area (Å²) < 4.78 is 0. The molecule has 0 aromatic rings. The fraction of sp³-hybridized carbons (Fsp3) is 0.167. The van der Waals surface area contributed by atoms with Crippen molar-refractivity contribution >= 4 is 0 Å². The molecule has 0 radical (unpaired) electrons. The number of hydrogen-bond acceptors (Lipinski definition) is 2. The Bertz CT molecular complexity index is 285. The molecule has 0 unspecified atom stereocenters. The van der Waals surface area contributed by atoms with E-state index in [1.165, 1.54) is 0 Å². The van der Waals surface area contributed by atoms with Gasteiger partial charge in [-0.3, -0.25) is 0 Å². The minimum absolute atomic E-state index is 0.507. The van der Waals surface area contributed by atoms with Crippen LogP contribution in [0.3, 0.4) is 0 Å². The summed E-state index contributed by atoms with van der Waals surface area (Å²) in [4.78, 5) is 4.65. The minimum Gasteiger partial charge on any atom is -0.411 e. The van der Waals surface area contributed by atoms with Crippen LogP contribution in [0.25, 0.3) is 0 Å². The van der Waals surface area contributed by atoms with Crippen molar-refractivity contribution in [1.29, 1.82) is 0 Å². The highest BCUT2D eigenvalue weighted by Crippen LogP contribution is 2.13. The average molecular weight is 191 g/mol. The molecule has 0 bridgehead atoms. The Kier molecular flexibility index (Phi) is 6.16. The molecule has 0 atom stereocenters. The topological polar surface area (TPSA) is 35.2 Å². The SMILES string of the molecule is C=C/C(=C\C(C=C)=C(/C=C)ON)CC. The third kappa shape index (κ3) is 3.46. The van der Waals surface area contributed by atoms with Gasteiger partial charge in [-0.25, -0.2) is 0 Å². The van der Waals surface area contributed by atoms with Gasteiger partial charge in [-0.15, -0.1) is 0 Å². The van der Waals surface area contributed by atoms with Gasteiger partial charge < -0.3 is 4.84 Å². The fourth-order valence-corrected chi connectivity index (χ4v) is 0.970. The largest absolute Gasteiger partial charge is 0.411 e. The molecule has 0 rings (SSSR count). The molecule has 2 N–H and O–H groups in total. The Morgan fingerprint density at radius 1 is 1.21 bits per heavy atom. The third-order valence-electron chi connectivity index (χ3n) is 1.83. The lowest BCUT2D eigenvalue weighted by Gasteiger charge is -2.04. The lowest BCUT2D eigenvalue weighted by atomic mass is 10.1. The van der Waals surface area contributed by atoms with Gasteiger partial charge in [-0.1, -0.05) is 38.8 Å². The smallest absolute Gasteiger partial charge is 0.153 e. The predicted octanol–water partition coefficient (Wildman–Crippen LogP) is 3.03. The van der Waals surface area contributed by atoms with Gasteiger partial charge in [0.1, 0.15) is 0 Å². The molecule has 0 heterocycles. The summed E-state index contributed by atoms with van der Waals surface area (Å²) in [5.74, 6) is 5.59. The maximum absolute atomic E-state index is 5.09. The van der Waals surface area contributed by atoms with Gasteiger partial charge in [0.25, 0.3) is 0 Å². The summed E-state index contributed by atoms with van der Waals surface area (Å²) in [6.07, 6.45) is 7.83. The fourth-order valence-electron chi connectivity index (χ4n) is 0.970. The summed E-state index contributed by atoms with van der Waals surface area (Å²) in [5.41, 5.74) is 1.90. The highest BCUT2D eigenvalue weighted by atomic mass is 16.6. The van der Waals surface area contributed by atoms with Crippen LogP contribution in [0.5, 0.6) is 0 Å². The predicted molar refractivity (Wildman–Crippen MR) is 61.3 cm³/mol. The Morgan fingerprint density at radius 3 is 2.14 bits per heavy atom. The Morgan fingerprint density at radius 2 is 1.86 bits per heavy atom. The first-order chi connectivity index (χ1) is 6.73. The van der Waals surface area contributed by atoms with Crippen LogP contribution in [0, 0.1) is 0 Å². The molecule has 0 aromatic heterocycles. The summed E-state index contributed by atoms with van der Waals surface area (Å²) in [5, 5.41) is 0. The van der Waals surface area contributed by atoms with Gasteiger partial charge in [-0.05, 0) is 24.1 Å². The van der Waals surface area contributed by atoms with Crippen LogP contribution in [0.2, 0.25) is 0 Å². The zero-order valence-corrected chi connectivity index (χ0v) is 8.62. The molecule has 0 amide bonds. The maximum Gasteiger partial charge on any atom is 0.153 e. The van der Waals surface area contributed by atoms with Crippen molar-refractivity contribution in [1.82, 2.24) is 0 Å². The number of allylic oxidation sites excluding steroid dienone is 6. The van der Waals surface area contributed by atoms with Crippen molar-refractivity contribution in [2.45, 2.75) is 13.3 Å². The summed E-state index contributed by atoms with van der Waals surface area (Å²) in [7, 11) is 0. The molecule has 0 saturated carbocycles. The van der Waals surface area contributed by atoms with Crippen molar-refractivity contribution in [3.8, 4) is 0 Å². The first kappa shape index (κ1) is 12.5. The van der Waals surface area contributed by atoms with Crippen LogP contribution in [0.4, 0.5) is 0 Å². The molecule has 0 aromatic carbocycles. The van der Waals surface area contributed by atoms with Crippen molar-refractivity contribution < 1.29 is 4.84 Å². The van der Waals surface area contributed by atoms with Gasteiger partial charge in [0.05, 0.1) is 0 Å². The quantitative estimate of drug-likeness (QED) is 0.398. The maximum atomic E-state index is 5.09. The van der Waals surface area contributed by atoms with Crippen molar-refractivity contribution in [3.05, 3.63) is 60.9 Å². The second-order valence-corrected chi connectivity index (χ2v) is 2.62. The van der Waals surface area contributed by atoms with Crippen LogP contribution in [-0.4, -0.2) is 0 Å². The molecule has 0 fully saturated rings. The second-order valence-electron chi connectivity index (χ2n) is 2.62. The van der Waals surface area contributed by atoms with E-state index in [2.05, 4.69) is 24.6 Å². The molecule has 0 spiro atoms. The zero-order valence-electron chi connectivity index (χ0n) is 8.62. The van der Waals surface area contributed by atoms with E-state index in [1.807, 2.05) is 13.0 Å². The molecule has 0 saturated heterocycles. The Balaban J connectivity index is 5.16. The molecular weight excluding hydrogens is 174 g/mol. The van der Waals surface area contributed by atoms with E-state index in [0.717, 1.165) is 17.6 Å². The van der Waals surface area contributed by atoms with E-state index < -0.39 is 0 Å². The number of hydrogen-bond donors (Lipinski definition) is 1. The van der Waals surface area contributed by atoms with Crippen LogP contribution in [0.15, 0.2) is 60.9 Å². The van der Waals surface area contributed by atoms with Crippen LogP contribution in [-0.2, 0) is 4.84 Å². The van der Waals surface area contributed by atoms with Crippen LogP contribution in [0.1, 0.15) is 13.3 Å². The second kappa shape index (κ2) is 6.92. The van der Waals surface area contributed by atoms with E-state index in [-0.39, 0.29) is 0 Å². The molecule has 0 aliphatic carbocycles. The normalized spacial score (nSPS) is 12.9. The zero-order chi connectivity index (χ0) is 11.0. The highest BCUT2D eigenvalue weighted by molar-refractivity contribution is 5.40. The van der Waals surface area contributed by atoms with E-state index in [1.54, 1.807) is 18.2 Å². The monoisotopic (exact) mass is 191 g/mol. The minimum atomic E-state index is 0.507. The molecule has 14 heavy (non-hydrogen) atoms. The van der Waals surface area contributed by atoms with E-state index in [0.29, 0.717) is 5.76 Å². The van der Waals surface area contributed by atoms with Crippen LogP contribution >= 0.6 is 0 Å².